The Labute approximate surface area is 144 Å². The van der Waals surface area contributed by atoms with Gasteiger partial charge in [-0.1, -0.05) is 24.3 Å². The second kappa shape index (κ2) is 7.01. The number of nitrogens with one attached hydrogen (secondary N) is 1. The highest BCUT2D eigenvalue weighted by molar-refractivity contribution is 5.97. The highest BCUT2D eigenvalue weighted by atomic mass is 19.1. The molecule has 1 aliphatic heterocycles. The van der Waals surface area contributed by atoms with Crippen LogP contribution in [0, 0.1) is 18.6 Å². The van der Waals surface area contributed by atoms with E-state index >= 15 is 0 Å². The summed E-state index contributed by atoms with van der Waals surface area (Å²) in [5.41, 5.74) is 2.11. The molecule has 1 unspecified atom stereocenters. The topological polar surface area (TPSA) is 49.4 Å². The number of anilines is 1. The van der Waals surface area contributed by atoms with Gasteiger partial charge in [0.1, 0.15) is 11.6 Å². The standard InChI is InChI=1S/C19H18F2N2O2/c1-12-4-2-3-5-13(12)6-18(24)22-16-10-19(25)23(11-16)17-8-14(20)7-15(21)9-17/h2-5,7-9,16H,6,10-11H2,1H3,(H,22,24). The third-order valence-electron chi connectivity index (χ3n) is 4.26. The summed E-state index contributed by atoms with van der Waals surface area (Å²) in [5.74, 6) is -1.93. The van der Waals surface area contributed by atoms with Gasteiger partial charge in [-0.15, -0.1) is 0 Å². The molecule has 1 N–H and O–H groups in total. The average Bonchev–Trinajstić information content (AvgIpc) is 2.89. The smallest absolute Gasteiger partial charge is 0.229 e. The highest BCUT2D eigenvalue weighted by Crippen LogP contribution is 2.23. The zero-order valence-electron chi connectivity index (χ0n) is 13.8. The molecule has 0 aromatic heterocycles. The number of amides is 2. The third kappa shape index (κ3) is 4.02. The van der Waals surface area contributed by atoms with E-state index in [9.17, 15) is 18.4 Å². The van der Waals surface area contributed by atoms with Crippen molar-refractivity contribution in [2.24, 2.45) is 0 Å². The van der Waals surface area contributed by atoms with Crippen molar-refractivity contribution in [1.82, 2.24) is 5.32 Å². The minimum atomic E-state index is -0.741. The quantitative estimate of drug-likeness (QED) is 0.927. The van der Waals surface area contributed by atoms with Crippen LogP contribution in [0.25, 0.3) is 0 Å². The normalized spacial score (nSPS) is 17.0. The van der Waals surface area contributed by atoms with E-state index in [1.54, 1.807) is 0 Å². The summed E-state index contributed by atoms with van der Waals surface area (Å²) in [6, 6.07) is 10.2. The molecule has 1 atom stereocenters. The molecule has 2 amide bonds. The first kappa shape index (κ1) is 17.1. The molecule has 25 heavy (non-hydrogen) atoms. The van der Waals surface area contributed by atoms with Crippen molar-refractivity contribution >= 4 is 17.5 Å². The number of hydrogen-bond acceptors (Lipinski definition) is 2. The summed E-state index contributed by atoms with van der Waals surface area (Å²) < 4.78 is 26.7. The summed E-state index contributed by atoms with van der Waals surface area (Å²) in [5, 5.41) is 2.83. The average molecular weight is 344 g/mol. The number of rotatable bonds is 4. The Balaban J connectivity index is 1.64. The number of carbonyl (C=O) groups excluding carboxylic acids is 2. The molecule has 0 spiro atoms. The van der Waals surface area contributed by atoms with Gasteiger partial charge in [0.05, 0.1) is 12.5 Å². The van der Waals surface area contributed by atoms with Gasteiger partial charge in [-0.2, -0.15) is 0 Å². The van der Waals surface area contributed by atoms with Crippen LogP contribution < -0.4 is 10.2 Å². The number of aryl methyl sites for hydroxylation is 1. The van der Waals surface area contributed by atoms with E-state index < -0.39 is 11.6 Å². The van der Waals surface area contributed by atoms with Crippen LogP contribution in [0.5, 0.6) is 0 Å². The molecule has 0 saturated carbocycles. The number of hydrogen-bond donors (Lipinski definition) is 1. The molecule has 0 bridgehead atoms. The van der Waals surface area contributed by atoms with Gasteiger partial charge in [-0.25, -0.2) is 8.78 Å². The fourth-order valence-electron chi connectivity index (χ4n) is 3.01. The lowest BCUT2D eigenvalue weighted by Crippen LogP contribution is -2.38. The molecule has 1 heterocycles. The van der Waals surface area contributed by atoms with E-state index in [4.69, 9.17) is 0 Å². The molecule has 130 valence electrons. The summed E-state index contributed by atoms with van der Waals surface area (Å²) in [6.45, 7) is 2.13. The molecule has 0 radical (unpaired) electrons. The predicted molar refractivity (Wildman–Crippen MR) is 90.1 cm³/mol. The molecular formula is C19H18F2N2O2. The minimum absolute atomic E-state index is 0.109. The van der Waals surface area contributed by atoms with E-state index in [1.807, 2.05) is 31.2 Å². The van der Waals surface area contributed by atoms with Crippen molar-refractivity contribution < 1.29 is 18.4 Å². The largest absolute Gasteiger partial charge is 0.351 e. The van der Waals surface area contributed by atoms with E-state index in [1.165, 1.54) is 4.90 Å². The van der Waals surface area contributed by atoms with Crippen LogP contribution in [-0.2, 0) is 16.0 Å². The maximum absolute atomic E-state index is 13.3. The Hall–Kier alpha value is -2.76. The van der Waals surface area contributed by atoms with Crippen molar-refractivity contribution in [1.29, 1.82) is 0 Å². The van der Waals surface area contributed by atoms with Crippen LogP contribution in [0.15, 0.2) is 42.5 Å². The van der Waals surface area contributed by atoms with Crippen molar-refractivity contribution in [3.8, 4) is 0 Å². The van der Waals surface area contributed by atoms with Crippen molar-refractivity contribution in [2.45, 2.75) is 25.8 Å². The van der Waals surface area contributed by atoms with E-state index in [-0.39, 0.29) is 42.9 Å². The molecule has 6 heteroatoms. The van der Waals surface area contributed by atoms with Gasteiger partial charge < -0.3 is 10.2 Å². The molecule has 0 aliphatic carbocycles. The first-order valence-corrected chi connectivity index (χ1v) is 8.02. The van der Waals surface area contributed by atoms with Crippen molar-refractivity contribution in [3.05, 3.63) is 65.2 Å². The van der Waals surface area contributed by atoms with Gasteiger partial charge in [0.15, 0.2) is 0 Å². The van der Waals surface area contributed by atoms with Gasteiger partial charge in [-0.3, -0.25) is 9.59 Å². The van der Waals surface area contributed by atoms with Gasteiger partial charge in [0.25, 0.3) is 0 Å². The predicted octanol–water partition coefficient (Wildman–Crippen LogP) is 2.74. The molecule has 1 aliphatic rings. The lowest BCUT2D eigenvalue weighted by atomic mass is 10.1. The number of benzene rings is 2. The van der Waals surface area contributed by atoms with Crippen molar-refractivity contribution in [3.63, 3.8) is 0 Å². The maximum atomic E-state index is 13.3. The summed E-state index contributed by atoms with van der Waals surface area (Å²) in [6.07, 6.45) is 0.337. The third-order valence-corrected chi connectivity index (χ3v) is 4.26. The van der Waals surface area contributed by atoms with Gasteiger partial charge in [0, 0.05) is 24.7 Å². The fraction of sp³-hybridized carbons (Fsp3) is 0.263. The van der Waals surface area contributed by atoms with Crippen LogP contribution >= 0.6 is 0 Å². The van der Waals surface area contributed by atoms with Crippen molar-refractivity contribution in [2.75, 3.05) is 11.4 Å². The Morgan fingerprint density at radius 1 is 1.20 bits per heavy atom. The Morgan fingerprint density at radius 2 is 1.88 bits per heavy atom. The summed E-state index contributed by atoms with van der Waals surface area (Å²) in [7, 11) is 0. The first-order valence-electron chi connectivity index (χ1n) is 8.02. The summed E-state index contributed by atoms with van der Waals surface area (Å²) >= 11 is 0. The lowest BCUT2D eigenvalue weighted by Gasteiger charge is -2.17. The van der Waals surface area contributed by atoms with Crippen LogP contribution in [0.1, 0.15) is 17.5 Å². The maximum Gasteiger partial charge on any atom is 0.229 e. The molecule has 4 nitrogen and oxygen atoms in total. The van der Waals surface area contributed by atoms with Gasteiger partial charge >= 0.3 is 0 Å². The highest BCUT2D eigenvalue weighted by Gasteiger charge is 2.32. The molecule has 1 fully saturated rings. The van der Waals surface area contributed by atoms with E-state index in [2.05, 4.69) is 5.32 Å². The number of nitrogens with zero attached hydrogens (tertiary/aromatic N) is 1. The number of halogens is 2. The summed E-state index contributed by atoms with van der Waals surface area (Å²) in [4.78, 5) is 25.6. The van der Waals surface area contributed by atoms with Crippen LogP contribution in [-0.4, -0.2) is 24.4 Å². The zero-order valence-corrected chi connectivity index (χ0v) is 13.8. The first-order chi connectivity index (χ1) is 11.9. The lowest BCUT2D eigenvalue weighted by molar-refractivity contribution is -0.121. The molecule has 3 rings (SSSR count). The van der Waals surface area contributed by atoms with E-state index in [0.29, 0.717) is 0 Å². The SMILES string of the molecule is Cc1ccccc1CC(=O)NC1CC(=O)N(c2cc(F)cc(F)c2)C1. The Kier molecular flexibility index (Phi) is 4.79. The van der Waals surface area contributed by atoms with E-state index in [0.717, 1.165) is 29.3 Å². The monoisotopic (exact) mass is 344 g/mol. The Morgan fingerprint density at radius 3 is 2.56 bits per heavy atom. The van der Waals surface area contributed by atoms with Crippen LogP contribution in [0.4, 0.5) is 14.5 Å². The van der Waals surface area contributed by atoms with Gasteiger partial charge in [-0.05, 0) is 30.2 Å². The number of carbonyl (C=O) groups is 2. The minimum Gasteiger partial charge on any atom is -0.351 e. The molecular weight excluding hydrogens is 326 g/mol. The second-order valence-electron chi connectivity index (χ2n) is 6.20. The Bertz CT molecular complexity index is 803. The second-order valence-corrected chi connectivity index (χ2v) is 6.20. The molecule has 1 saturated heterocycles. The molecule has 2 aromatic carbocycles. The zero-order chi connectivity index (χ0) is 18.0. The fourth-order valence-corrected chi connectivity index (χ4v) is 3.01. The van der Waals surface area contributed by atoms with Crippen LogP contribution in [0.3, 0.4) is 0 Å². The molecule has 2 aromatic rings. The van der Waals surface area contributed by atoms with Crippen LogP contribution in [0.2, 0.25) is 0 Å². The van der Waals surface area contributed by atoms with Gasteiger partial charge in [0.2, 0.25) is 11.8 Å².